The number of rotatable bonds is 3. The molecule has 0 aromatic carbocycles. The van der Waals surface area contributed by atoms with Crippen LogP contribution in [-0.2, 0) is 4.79 Å². The zero-order chi connectivity index (χ0) is 12.5. The number of hydrogen-bond donors (Lipinski definition) is 1. The van der Waals surface area contributed by atoms with Gasteiger partial charge in [0.25, 0.3) is 0 Å². The molecule has 0 aliphatic heterocycles. The molecule has 5 unspecified atom stereocenters. The lowest BCUT2D eigenvalue weighted by Crippen LogP contribution is -2.39. The van der Waals surface area contributed by atoms with Gasteiger partial charge in [-0.3, -0.25) is 4.79 Å². The summed E-state index contributed by atoms with van der Waals surface area (Å²) in [6.07, 6.45) is 9.93. The highest BCUT2D eigenvalue weighted by molar-refractivity contribution is 6.20. The normalized spacial score (nSPS) is 43.1. The van der Waals surface area contributed by atoms with Crippen molar-refractivity contribution in [3.63, 3.8) is 0 Å². The topological polar surface area (TPSA) is 29.1 Å². The number of fused-ring (bicyclic) bond motifs is 2. The smallest absolute Gasteiger partial charge is 0.223 e. The first kappa shape index (κ1) is 12.8. The van der Waals surface area contributed by atoms with Gasteiger partial charge < -0.3 is 5.32 Å². The van der Waals surface area contributed by atoms with Gasteiger partial charge in [0.15, 0.2) is 0 Å². The van der Waals surface area contributed by atoms with E-state index in [2.05, 4.69) is 5.32 Å². The fourth-order valence-electron chi connectivity index (χ4n) is 4.32. The predicted octanol–water partition coefficient (Wildman–Crippen LogP) is 3.34. The third-order valence-electron chi connectivity index (χ3n) is 5.43. The van der Waals surface area contributed by atoms with Gasteiger partial charge in [0.05, 0.1) is 0 Å². The van der Waals surface area contributed by atoms with Gasteiger partial charge in [0.1, 0.15) is 0 Å². The monoisotopic (exact) mass is 269 g/mol. The highest BCUT2D eigenvalue weighted by Gasteiger charge is 2.43. The van der Waals surface area contributed by atoms with Crippen LogP contribution in [0.15, 0.2) is 0 Å². The second-order valence-corrected chi connectivity index (χ2v) is 7.15. The molecule has 3 aliphatic rings. The maximum atomic E-state index is 12.2. The summed E-state index contributed by atoms with van der Waals surface area (Å²) < 4.78 is 0. The van der Waals surface area contributed by atoms with Gasteiger partial charge in [-0.1, -0.05) is 19.3 Å². The van der Waals surface area contributed by atoms with E-state index in [4.69, 9.17) is 11.6 Å². The molecule has 1 N–H and O–H groups in total. The quantitative estimate of drug-likeness (QED) is 0.783. The van der Waals surface area contributed by atoms with Crippen molar-refractivity contribution in [2.75, 3.05) is 6.54 Å². The first-order chi connectivity index (χ1) is 8.74. The van der Waals surface area contributed by atoms with Crippen LogP contribution in [0.25, 0.3) is 0 Å². The van der Waals surface area contributed by atoms with Crippen molar-refractivity contribution in [1.29, 1.82) is 0 Å². The SMILES string of the molecule is O=C(NCC1CCCCC1Cl)C1CC2CCC1C2. The van der Waals surface area contributed by atoms with Crippen LogP contribution in [0.3, 0.4) is 0 Å². The fraction of sp³-hybridized carbons (Fsp3) is 0.933. The van der Waals surface area contributed by atoms with Crippen molar-refractivity contribution >= 4 is 17.5 Å². The standard InChI is InChI=1S/C15H24ClNO/c16-14-4-2-1-3-12(14)9-17-15(18)13-8-10-5-6-11(13)7-10/h10-14H,1-9H2,(H,17,18). The summed E-state index contributed by atoms with van der Waals surface area (Å²) in [6.45, 7) is 0.806. The molecular formula is C15H24ClNO. The largest absolute Gasteiger partial charge is 0.356 e. The summed E-state index contributed by atoms with van der Waals surface area (Å²) in [7, 11) is 0. The summed E-state index contributed by atoms with van der Waals surface area (Å²) in [6, 6.07) is 0. The van der Waals surface area contributed by atoms with Crippen LogP contribution in [0.4, 0.5) is 0 Å². The highest BCUT2D eigenvalue weighted by atomic mass is 35.5. The molecule has 0 radical (unpaired) electrons. The summed E-state index contributed by atoms with van der Waals surface area (Å²) in [5.41, 5.74) is 0. The van der Waals surface area contributed by atoms with E-state index in [9.17, 15) is 4.79 Å². The minimum absolute atomic E-state index is 0.277. The Morgan fingerprint density at radius 3 is 2.61 bits per heavy atom. The van der Waals surface area contributed by atoms with Crippen LogP contribution in [0.2, 0.25) is 0 Å². The van der Waals surface area contributed by atoms with Crippen molar-refractivity contribution in [2.24, 2.45) is 23.7 Å². The highest BCUT2D eigenvalue weighted by Crippen LogP contribution is 2.48. The number of hydrogen-bond acceptors (Lipinski definition) is 1. The van der Waals surface area contributed by atoms with Gasteiger partial charge >= 0.3 is 0 Å². The fourth-order valence-corrected chi connectivity index (χ4v) is 4.69. The zero-order valence-electron chi connectivity index (χ0n) is 11.0. The first-order valence-electron chi connectivity index (χ1n) is 7.66. The molecule has 3 heteroatoms. The molecule has 102 valence electrons. The zero-order valence-corrected chi connectivity index (χ0v) is 11.8. The van der Waals surface area contributed by atoms with Crippen LogP contribution in [0, 0.1) is 23.7 Å². The molecular weight excluding hydrogens is 246 g/mol. The molecule has 18 heavy (non-hydrogen) atoms. The lowest BCUT2D eigenvalue weighted by molar-refractivity contribution is -0.126. The third kappa shape index (κ3) is 2.54. The number of carbonyl (C=O) groups excluding carboxylic acids is 1. The van der Waals surface area contributed by atoms with Gasteiger partial charge in [-0.2, -0.15) is 0 Å². The van der Waals surface area contributed by atoms with E-state index in [0.29, 0.717) is 23.7 Å². The van der Waals surface area contributed by atoms with E-state index in [0.717, 1.165) is 25.3 Å². The van der Waals surface area contributed by atoms with E-state index in [1.54, 1.807) is 0 Å². The molecule has 3 fully saturated rings. The molecule has 0 spiro atoms. The maximum Gasteiger partial charge on any atom is 0.223 e. The van der Waals surface area contributed by atoms with E-state index >= 15 is 0 Å². The molecule has 3 aliphatic carbocycles. The van der Waals surface area contributed by atoms with Gasteiger partial charge in [-0.05, 0) is 49.9 Å². The lowest BCUT2D eigenvalue weighted by atomic mass is 9.86. The molecule has 0 aromatic rings. The minimum Gasteiger partial charge on any atom is -0.356 e. The molecule has 3 saturated carbocycles. The van der Waals surface area contributed by atoms with Crippen LogP contribution in [0.5, 0.6) is 0 Å². The van der Waals surface area contributed by atoms with Crippen LogP contribution in [-0.4, -0.2) is 17.8 Å². The number of nitrogens with one attached hydrogen (secondary N) is 1. The van der Waals surface area contributed by atoms with Gasteiger partial charge in [0.2, 0.25) is 5.91 Å². The molecule has 2 nitrogen and oxygen atoms in total. The Labute approximate surface area is 115 Å². The van der Waals surface area contributed by atoms with Gasteiger partial charge in [-0.15, -0.1) is 11.6 Å². The Hall–Kier alpha value is -0.240. The second-order valence-electron chi connectivity index (χ2n) is 6.59. The predicted molar refractivity (Wildman–Crippen MR) is 73.5 cm³/mol. The molecule has 0 aromatic heterocycles. The Balaban J connectivity index is 1.46. The van der Waals surface area contributed by atoms with Crippen LogP contribution >= 0.6 is 11.6 Å². The molecule has 0 saturated heterocycles. The minimum atomic E-state index is 0.277. The number of carbonyl (C=O) groups is 1. The average molecular weight is 270 g/mol. The van der Waals surface area contributed by atoms with E-state index < -0.39 is 0 Å². The van der Waals surface area contributed by atoms with Crippen molar-refractivity contribution < 1.29 is 4.79 Å². The maximum absolute atomic E-state index is 12.2. The summed E-state index contributed by atoms with van der Waals surface area (Å²) >= 11 is 6.34. The molecule has 1 amide bonds. The summed E-state index contributed by atoms with van der Waals surface area (Å²) in [4.78, 5) is 12.2. The average Bonchev–Trinajstić information content (AvgIpc) is 2.99. The Kier molecular flexibility index (Phi) is 3.83. The number of halogens is 1. The molecule has 2 bridgehead atoms. The van der Waals surface area contributed by atoms with Crippen molar-refractivity contribution in [1.82, 2.24) is 5.32 Å². The van der Waals surface area contributed by atoms with Gasteiger partial charge in [0, 0.05) is 17.8 Å². The number of amides is 1. The van der Waals surface area contributed by atoms with Crippen LogP contribution < -0.4 is 5.32 Å². The molecule has 5 atom stereocenters. The number of alkyl halides is 1. The second kappa shape index (κ2) is 5.40. The third-order valence-corrected chi connectivity index (χ3v) is 6.00. The molecule has 0 heterocycles. The van der Waals surface area contributed by atoms with Gasteiger partial charge in [-0.25, -0.2) is 0 Å². The molecule has 3 rings (SSSR count). The van der Waals surface area contributed by atoms with Crippen molar-refractivity contribution in [3.05, 3.63) is 0 Å². The first-order valence-corrected chi connectivity index (χ1v) is 8.09. The lowest BCUT2D eigenvalue weighted by Gasteiger charge is -2.28. The van der Waals surface area contributed by atoms with E-state index in [1.807, 2.05) is 0 Å². The van der Waals surface area contributed by atoms with E-state index in [1.165, 1.54) is 38.5 Å². The van der Waals surface area contributed by atoms with E-state index in [-0.39, 0.29) is 5.38 Å². The summed E-state index contributed by atoms with van der Waals surface area (Å²) in [5.74, 6) is 2.68. The Morgan fingerprint density at radius 1 is 1.11 bits per heavy atom. The van der Waals surface area contributed by atoms with Crippen molar-refractivity contribution in [2.45, 2.75) is 56.7 Å². The van der Waals surface area contributed by atoms with Crippen LogP contribution in [0.1, 0.15) is 51.4 Å². The summed E-state index contributed by atoms with van der Waals surface area (Å²) in [5, 5.41) is 3.46. The Bertz CT molecular complexity index is 320. The van der Waals surface area contributed by atoms with Crippen molar-refractivity contribution in [3.8, 4) is 0 Å². The Morgan fingerprint density at radius 2 is 1.94 bits per heavy atom.